The van der Waals surface area contributed by atoms with E-state index in [2.05, 4.69) is 26.5 Å². The van der Waals surface area contributed by atoms with Crippen LogP contribution in [0.2, 0.25) is 0 Å². The molecule has 7 nitrogen and oxygen atoms in total. The molecule has 0 saturated heterocycles. The molecule has 4 aromatic rings. The molecule has 0 atom stereocenters. The summed E-state index contributed by atoms with van der Waals surface area (Å²) in [5, 5.41) is 5.26. The smallest absolute Gasteiger partial charge is 0.260 e. The van der Waals surface area contributed by atoms with Gasteiger partial charge in [0.2, 0.25) is 0 Å². The van der Waals surface area contributed by atoms with Crippen LogP contribution in [-0.4, -0.2) is 29.9 Å². The van der Waals surface area contributed by atoms with Gasteiger partial charge in [-0.2, -0.15) is 5.10 Å². The van der Waals surface area contributed by atoms with Crippen molar-refractivity contribution in [3.8, 4) is 11.5 Å². The number of hydrogen-bond donors (Lipinski definition) is 1. The van der Waals surface area contributed by atoms with Crippen LogP contribution in [0.25, 0.3) is 21.8 Å². The van der Waals surface area contributed by atoms with Crippen molar-refractivity contribution in [3.05, 3.63) is 80.9 Å². The van der Waals surface area contributed by atoms with Crippen LogP contribution < -0.4 is 20.3 Å². The second-order valence-corrected chi connectivity index (χ2v) is 8.29. The van der Waals surface area contributed by atoms with Gasteiger partial charge in [0.05, 0.1) is 34.9 Å². The first-order valence-corrected chi connectivity index (χ1v) is 11.7. The molecule has 0 aliphatic rings. The predicted octanol–water partition coefficient (Wildman–Crippen LogP) is 4.86. The van der Waals surface area contributed by atoms with E-state index in [0.29, 0.717) is 46.5 Å². The zero-order valence-corrected chi connectivity index (χ0v) is 20.5. The van der Waals surface area contributed by atoms with Crippen molar-refractivity contribution < 1.29 is 14.3 Å². The SMILES string of the molecule is CCOc1cc(/C=N\NC(=O)Cn2c3ccccc3c(=O)c3ccccc32)cc(Br)c1OCC. The van der Waals surface area contributed by atoms with Crippen molar-refractivity contribution in [1.82, 2.24) is 9.99 Å². The molecule has 0 saturated carbocycles. The minimum Gasteiger partial charge on any atom is -0.490 e. The van der Waals surface area contributed by atoms with Gasteiger partial charge >= 0.3 is 0 Å². The maximum absolute atomic E-state index is 12.9. The van der Waals surface area contributed by atoms with E-state index >= 15 is 0 Å². The summed E-state index contributed by atoms with van der Waals surface area (Å²) in [5.41, 5.74) is 4.66. The van der Waals surface area contributed by atoms with Crippen LogP contribution in [0.4, 0.5) is 0 Å². The summed E-state index contributed by atoms with van der Waals surface area (Å²) in [7, 11) is 0. The number of halogens is 1. The number of carbonyl (C=O) groups excluding carboxylic acids is 1. The number of aromatic nitrogens is 1. The van der Waals surface area contributed by atoms with E-state index in [-0.39, 0.29) is 17.9 Å². The molecule has 1 N–H and O–H groups in total. The quantitative estimate of drug-likeness (QED) is 0.204. The van der Waals surface area contributed by atoms with Crippen molar-refractivity contribution in [3.63, 3.8) is 0 Å². The minimum atomic E-state index is -0.315. The predicted molar refractivity (Wildman–Crippen MR) is 138 cm³/mol. The summed E-state index contributed by atoms with van der Waals surface area (Å²) in [6.45, 7) is 4.81. The van der Waals surface area contributed by atoms with E-state index in [1.807, 2.05) is 60.9 Å². The molecule has 0 unspecified atom stereocenters. The molecule has 8 heteroatoms. The Hall–Kier alpha value is -3.65. The fraction of sp³-hybridized carbons (Fsp3) is 0.192. The van der Waals surface area contributed by atoms with Crippen LogP contribution in [0.5, 0.6) is 11.5 Å². The van der Waals surface area contributed by atoms with Crippen LogP contribution in [0.1, 0.15) is 19.4 Å². The third kappa shape index (κ3) is 4.82. The number of fused-ring (bicyclic) bond motifs is 2. The number of hydrazone groups is 1. The molecule has 1 heterocycles. The molecule has 34 heavy (non-hydrogen) atoms. The maximum Gasteiger partial charge on any atom is 0.260 e. The first-order chi connectivity index (χ1) is 16.5. The summed E-state index contributed by atoms with van der Waals surface area (Å²) < 4.78 is 13.9. The maximum atomic E-state index is 12.9. The lowest BCUT2D eigenvalue weighted by Crippen LogP contribution is -2.25. The second-order valence-electron chi connectivity index (χ2n) is 7.44. The summed E-state index contributed by atoms with van der Waals surface area (Å²) in [5.74, 6) is 0.908. The summed E-state index contributed by atoms with van der Waals surface area (Å²) in [6.07, 6.45) is 1.54. The monoisotopic (exact) mass is 521 g/mol. The first kappa shape index (κ1) is 23.5. The Morgan fingerprint density at radius 3 is 2.24 bits per heavy atom. The van der Waals surface area contributed by atoms with Crippen LogP contribution in [-0.2, 0) is 11.3 Å². The lowest BCUT2D eigenvalue weighted by Gasteiger charge is -2.14. The van der Waals surface area contributed by atoms with Crippen molar-refractivity contribution >= 4 is 49.9 Å². The van der Waals surface area contributed by atoms with E-state index < -0.39 is 0 Å². The topological polar surface area (TPSA) is 81.9 Å². The van der Waals surface area contributed by atoms with Gasteiger partial charge in [0.15, 0.2) is 16.9 Å². The molecule has 3 aromatic carbocycles. The Balaban J connectivity index is 1.58. The van der Waals surface area contributed by atoms with E-state index in [1.54, 1.807) is 24.4 Å². The number of rotatable bonds is 8. The molecule has 0 aliphatic carbocycles. The first-order valence-electron chi connectivity index (χ1n) is 10.9. The number of pyridine rings is 1. The largest absolute Gasteiger partial charge is 0.490 e. The number of nitrogens with zero attached hydrogens (tertiary/aromatic N) is 2. The number of ether oxygens (including phenoxy) is 2. The highest BCUT2D eigenvalue weighted by Crippen LogP contribution is 2.36. The molecule has 1 aromatic heterocycles. The number of nitrogens with one attached hydrogen (secondary N) is 1. The van der Waals surface area contributed by atoms with Gasteiger partial charge in [-0.05, 0) is 71.7 Å². The summed E-state index contributed by atoms with van der Waals surface area (Å²) in [6, 6.07) is 18.2. The van der Waals surface area contributed by atoms with Crippen molar-refractivity contribution in [2.45, 2.75) is 20.4 Å². The highest BCUT2D eigenvalue weighted by molar-refractivity contribution is 9.10. The van der Waals surface area contributed by atoms with Gasteiger partial charge in [0.1, 0.15) is 6.54 Å². The minimum absolute atomic E-state index is 0.00974. The number of carbonyl (C=O) groups is 1. The van der Waals surface area contributed by atoms with Crippen LogP contribution in [0, 0.1) is 0 Å². The molecule has 0 spiro atoms. The van der Waals surface area contributed by atoms with E-state index in [9.17, 15) is 9.59 Å². The zero-order valence-electron chi connectivity index (χ0n) is 18.9. The number of amides is 1. The Morgan fingerprint density at radius 2 is 1.62 bits per heavy atom. The molecule has 0 bridgehead atoms. The molecular formula is C26H24BrN3O4. The van der Waals surface area contributed by atoms with Gasteiger partial charge in [-0.15, -0.1) is 0 Å². The molecule has 174 valence electrons. The van der Waals surface area contributed by atoms with Gasteiger partial charge in [0.25, 0.3) is 5.91 Å². The molecular weight excluding hydrogens is 498 g/mol. The molecule has 0 aliphatic heterocycles. The van der Waals surface area contributed by atoms with E-state index in [1.165, 1.54) is 0 Å². The Morgan fingerprint density at radius 1 is 1.00 bits per heavy atom. The van der Waals surface area contributed by atoms with E-state index in [4.69, 9.17) is 9.47 Å². The lowest BCUT2D eigenvalue weighted by molar-refractivity contribution is -0.121. The van der Waals surface area contributed by atoms with Gasteiger partial charge < -0.3 is 14.0 Å². The fourth-order valence-corrected chi connectivity index (χ4v) is 4.39. The van der Waals surface area contributed by atoms with Gasteiger partial charge in [-0.3, -0.25) is 9.59 Å². The van der Waals surface area contributed by atoms with Crippen LogP contribution in [0.15, 0.2) is 75.0 Å². The van der Waals surface area contributed by atoms with Gasteiger partial charge in [-0.25, -0.2) is 5.43 Å². The van der Waals surface area contributed by atoms with Crippen LogP contribution >= 0.6 is 15.9 Å². The zero-order chi connectivity index (χ0) is 24.1. The van der Waals surface area contributed by atoms with Crippen molar-refractivity contribution in [2.75, 3.05) is 13.2 Å². The Labute approximate surface area is 205 Å². The van der Waals surface area contributed by atoms with Crippen LogP contribution in [0.3, 0.4) is 0 Å². The average molecular weight is 522 g/mol. The van der Waals surface area contributed by atoms with Gasteiger partial charge in [0, 0.05) is 10.8 Å². The number of para-hydroxylation sites is 2. The van der Waals surface area contributed by atoms with Crippen molar-refractivity contribution in [1.29, 1.82) is 0 Å². The summed E-state index contributed by atoms with van der Waals surface area (Å²) >= 11 is 3.50. The lowest BCUT2D eigenvalue weighted by atomic mass is 10.1. The second kappa shape index (κ2) is 10.5. The molecule has 4 rings (SSSR count). The Bertz CT molecular complexity index is 1390. The highest BCUT2D eigenvalue weighted by Gasteiger charge is 2.13. The summed E-state index contributed by atoms with van der Waals surface area (Å²) in [4.78, 5) is 25.6. The highest BCUT2D eigenvalue weighted by atomic mass is 79.9. The van der Waals surface area contributed by atoms with Gasteiger partial charge in [-0.1, -0.05) is 24.3 Å². The third-order valence-electron chi connectivity index (χ3n) is 5.20. The molecule has 0 fully saturated rings. The van der Waals surface area contributed by atoms with E-state index in [0.717, 1.165) is 10.0 Å². The number of hydrogen-bond acceptors (Lipinski definition) is 5. The number of benzene rings is 3. The average Bonchev–Trinajstić information content (AvgIpc) is 2.84. The standard InChI is InChI=1S/C26H24BrN3O4/c1-3-33-23-14-17(13-20(27)26(23)34-4-2)15-28-29-24(31)16-30-21-11-7-5-9-18(21)25(32)19-10-6-8-12-22(19)30/h5-15H,3-4,16H2,1-2H3,(H,29,31)/b28-15-. The molecule has 1 amide bonds. The fourth-order valence-electron chi connectivity index (χ4n) is 3.81. The molecule has 0 radical (unpaired) electrons. The van der Waals surface area contributed by atoms with Crippen molar-refractivity contribution in [2.24, 2.45) is 5.10 Å². The normalized spacial score (nSPS) is 11.3. The third-order valence-corrected chi connectivity index (χ3v) is 5.79. The Kier molecular flexibility index (Phi) is 7.27.